The summed E-state index contributed by atoms with van der Waals surface area (Å²) in [5.41, 5.74) is 8.02. The Morgan fingerprint density at radius 2 is 2.35 bits per heavy atom. The molecule has 2 aromatic rings. The van der Waals surface area contributed by atoms with E-state index in [4.69, 9.17) is 5.73 Å². The molecule has 0 radical (unpaired) electrons. The van der Waals surface area contributed by atoms with Gasteiger partial charge in [-0.2, -0.15) is 0 Å². The number of thiazole rings is 1. The second-order valence-corrected chi connectivity index (χ2v) is 4.62. The van der Waals surface area contributed by atoms with Crippen LogP contribution >= 0.6 is 11.3 Å². The van der Waals surface area contributed by atoms with E-state index in [9.17, 15) is 4.79 Å². The highest BCUT2D eigenvalue weighted by Gasteiger charge is 2.06. The van der Waals surface area contributed by atoms with Gasteiger partial charge in [-0.3, -0.25) is 4.79 Å². The van der Waals surface area contributed by atoms with E-state index in [-0.39, 0.29) is 5.91 Å². The summed E-state index contributed by atoms with van der Waals surface area (Å²) >= 11 is 1.37. The molecule has 5 heteroatoms. The zero-order valence-electron chi connectivity index (χ0n) is 9.43. The molecule has 17 heavy (non-hydrogen) atoms. The number of nitrogen functional groups attached to an aromatic ring is 1. The van der Waals surface area contributed by atoms with Crippen molar-refractivity contribution >= 4 is 22.4 Å². The first-order valence-corrected chi connectivity index (χ1v) is 6.08. The Balaban J connectivity index is 1.98. The molecule has 1 aromatic heterocycles. The SMILES string of the molecule is Cc1cccc(C(=O)NCc2csc(N)n2)c1. The maximum atomic E-state index is 11.8. The van der Waals surface area contributed by atoms with Crippen LogP contribution in [0.4, 0.5) is 5.13 Å². The molecule has 0 fully saturated rings. The average Bonchev–Trinajstić information content (AvgIpc) is 2.72. The molecule has 2 rings (SSSR count). The number of rotatable bonds is 3. The fourth-order valence-electron chi connectivity index (χ4n) is 1.46. The highest BCUT2D eigenvalue weighted by molar-refractivity contribution is 7.13. The number of benzene rings is 1. The number of hydrogen-bond acceptors (Lipinski definition) is 4. The van der Waals surface area contributed by atoms with Gasteiger partial charge < -0.3 is 11.1 Å². The van der Waals surface area contributed by atoms with Crippen LogP contribution in [0.1, 0.15) is 21.6 Å². The molecule has 88 valence electrons. The predicted molar refractivity (Wildman–Crippen MR) is 68.9 cm³/mol. The van der Waals surface area contributed by atoms with Crippen LogP contribution in [0.25, 0.3) is 0 Å². The first-order valence-electron chi connectivity index (χ1n) is 5.20. The van der Waals surface area contributed by atoms with Crippen molar-refractivity contribution in [2.24, 2.45) is 0 Å². The summed E-state index contributed by atoms with van der Waals surface area (Å²) in [6.45, 7) is 2.36. The van der Waals surface area contributed by atoms with Gasteiger partial charge in [0.15, 0.2) is 5.13 Å². The summed E-state index contributed by atoms with van der Waals surface area (Å²) in [7, 11) is 0. The van der Waals surface area contributed by atoms with E-state index in [1.807, 2.05) is 30.5 Å². The zero-order chi connectivity index (χ0) is 12.3. The third-order valence-corrected chi connectivity index (χ3v) is 3.00. The number of nitrogens with zero attached hydrogens (tertiary/aromatic N) is 1. The molecule has 0 atom stereocenters. The first-order chi connectivity index (χ1) is 8.15. The lowest BCUT2D eigenvalue weighted by atomic mass is 10.1. The third-order valence-electron chi connectivity index (χ3n) is 2.28. The Morgan fingerprint density at radius 3 is 3.00 bits per heavy atom. The summed E-state index contributed by atoms with van der Waals surface area (Å²) in [5, 5.41) is 5.16. The molecule has 0 aliphatic carbocycles. The average molecular weight is 247 g/mol. The Bertz CT molecular complexity index is 536. The molecular formula is C12H13N3OS. The van der Waals surface area contributed by atoms with Gasteiger partial charge in [0.25, 0.3) is 5.91 Å². The van der Waals surface area contributed by atoms with E-state index < -0.39 is 0 Å². The molecule has 0 saturated carbocycles. The largest absolute Gasteiger partial charge is 0.375 e. The van der Waals surface area contributed by atoms with Crippen molar-refractivity contribution in [1.82, 2.24) is 10.3 Å². The van der Waals surface area contributed by atoms with E-state index in [1.165, 1.54) is 11.3 Å². The third kappa shape index (κ3) is 3.04. The van der Waals surface area contributed by atoms with Crippen LogP contribution in [0.15, 0.2) is 29.6 Å². The molecule has 0 saturated heterocycles. The molecule has 0 bridgehead atoms. The number of anilines is 1. The van der Waals surface area contributed by atoms with Gasteiger partial charge in [0.1, 0.15) is 0 Å². The van der Waals surface area contributed by atoms with Gasteiger partial charge in [-0.25, -0.2) is 4.98 Å². The van der Waals surface area contributed by atoms with Crippen molar-refractivity contribution < 1.29 is 4.79 Å². The minimum Gasteiger partial charge on any atom is -0.375 e. The van der Waals surface area contributed by atoms with E-state index in [0.717, 1.165) is 11.3 Å². The Hall–Kier alpha value is -1.88. The fourth-order valence-corrected chi connectivity index (χ4v) is 2.03. The lowest BCUT2D eigenvalue weighted by molar-refractivity contribution is 0.0950. The van der Waals surface area contributed by atoms with Gasteiger partial charge in [0, 0.05) is 10.9 Å². The van der Waals surface area contributed by atoms with Crippen molar-refractivity contribution in [3.63, 3.8) is 0 Å². The molecule has 4 nitrogen and oxygen atoms in total. The van der Waals surface area contributed by atoms with Crippen LogP contribution in [-0.2, 0) is 6.54 Å². The number of nitrogens with one attached hydrogen (secondary N) is 1. The monoisotopic (exact) mass is 247 g/mol. The number of carbonyl (C=O) groups excluding carboxylic acids is 1. The van der Waals surface area contributed by atoms with Crippen LogP contribution in [-0.4, -0.2) is 10.9 Å². The maximum Gasteiger partial charge on any atom is 0.251 e. The quantitative estimate of drug-likeness (QED) is 0.871. The molecule has 0 spiro atoms. The minimum atomic E-state index is -0.0970. The number of nitrogens with two attached hydrogens (primary N) is 1. The summed E-state index contributed by atoms with van der Waals surface area (Å²) in [6.07, 6.45) is 0. The van der Waals surface area contributed by atoms with E-state index in [2.05, 4.69) is 10.3 Å². The summed E-state index contributed by atoms with van der Waals surface area (Å²) in [5.74, 6) is -0.0970. The lowest BCUT2D eigenvalue weighted by Gasteiger charge is -2.03. The second-order valence-electron chi connectivity index (χ2n) is 3.73. The van der Waals surface area contributed by atoms with Crippen molar-refractivity contribution in [2.75, 3.05) is 5.73 Å². The van der Waals surface area contributed by atoms with Gasteiger partial charge in [0.05, 0.1) is 12.2 Å². The standard InChI is InChI=1S/C12H13N3OS/c1-8-3-2-4-9(5-8)11(16)14-6-10-7-17-12(13)15-10/h2-5,7H,6H2,1H3,(H2,13,15)(H,14,16). The second kappa shape index (κ2) is 4.97. The normalized spacial score (nSPS) is 10.2. The lowest BCUT2D eigenvalue weighted by Crippen LogP contribution is -2.22. The first kappa shape index (κ1) is 11.6. The Kier molecular flexibility index (Phi) is 3.39. The van der Waals surface area contributed by atoms with Gasteiger partial charge in [-0.1, -0.05) is 17.7 Å². The van der Waals surface area contributed by atoms with Gasteiger partial charge in [0.2, 0.25) is 0 Å². The van der Waals surface area contributed by atoms with E-state index in [1.54, 1.807) is 6.07 Å². The van der Waals surface area contributed by atoms with E-state index >= 15 is 0 Å². The minimum absolute atomic E-state index is 0.0970. The van der Waals surface area contributed by atoms with Crippen LogP contribution < -0.4 is 11.1 Å². The molecule has 0 aliphatic rings. The molecule has 0 unspecified atom stereocenters. The smallest absolute Gasteiger partial charge is 0.251 e. The van der Waals surface area contributed by atoms with Crippen molar-refractivity contribution in [3.05, 3.63) is 46.5 Å². The molecular weight excluding hydrogens is 234 g/mol. The maximum absolute atomic E-state index is 11.8. The fraction of sp³-hybridized carbons (Fsp3) is 0.167. The molecule has 0 aliphatic heterocycles. The Labute approximate surface area is 103 Å². The van der Waals surface area contributed by atoms with Gasteiger partial charge >= 0.3 is 0 Å². The highest BCUT2D eigenvalue weighted by atomic mass is 32.1. The summed E-state index contributed by atoms with van der Waals surface area (Å²) in [4.78, 5) is 15.9. The molecule has 1 heterocycles. The molecule has 3 N–H and O–H groups in total. The topological polar surface area (TPSA) is 68.0 Å². The van der Waals surface area contributed by atoms with Crippen LogP contribution in [0, 0.1) is 6.92 Å². The summed E-state index contributed by atoms with van der Waals surface area (Å²) < 4.78 is 0. The highest BCUT2D eigenvalue weighted by Crippen LogP contribution is 2.11. The van der Waals surface area contributed by atoms with Crippen molar-refractivity contribution in [2.45, 2.75) is 13.5 Å². The number of carbonyl (C=O) groups is 1. The van der Waals surface area contributed by atoms with Crippen molar-refractivity contribution in [1.29, 1.82) is 0 Å². The van der Waals surface area contributed by atoms with Gasteiger partial charge in [-0.05, 0) is 19.1 Å². The van der Waals surface area contributed by atoms with Crippen molar-refractivity contribution in [3.8, 4) is 0 Å². The Morgan fingerprint density at radius 1 is 1.53 bits per heavy atom. The number of amides is 1. The van der Waals surface area contributed by atoms with Crippen LogP contribution in [0.5, 0.6) is 0 Å². The van der Waals surface area contributed by atoms with Crippen LogP contribution in [0.3, 0.4) is 0 Å². The number of aryl methyl sites for hydroxylation is 1. The predicted octanol–water partition coefficient (Wildman–Crippen LogP) is 1.96. The summed E-state index contributed by atoms with van der Waals surface area (Å²) in [6, 6.07) is 7.46. The van der Waals surface area contributed by atoms with E-state index in [0.29, 0.717) is 17.2 Å². The van der Waals surface area contributed by atoms with Gasteiger partial charge in [-0.15, -0.1) is 11.3 Å². The van der Waals surface area contributed by atoms with Crippen LogP contribution in [0.2, 0.25) is 0 Å². The molecule has 1 aromatic carbocycles. The zero-order valence-corrected chi connectivity index (χ0v) is 10.3. The number of hydrogen-bond donors (Lipinski definition) is 2. The molecule has 1 amide bonds. The number of aromatic nitrogens is 1.